The molecule has 0 fully saturated rings. The predicted octanol–water partition coefficient (Wildman–Crippen LogP) is 5.57. The first-order valence-electron chi connectivity index (χ1n) is 8.71. The van der Waals surface area contributed by atoms with Crippen molar-refractivity contribution in [1.82, 2.24) is 0 Å². The molecule has 3 rings (SSSR count). The number of benzene rings is 2. The van der Waals surface area contributed by atoms with E-state index in [1.807, 2.05) is 0 Å². The average Bonchev–Trinajstić information content (AvgIpc) is 3.51. The van der Waals surface area contributed by atoms with Crippen LogP contribution in [0, 0.1) is 11.3 Å². The van der Waals surface area contributed by atoms with Crippen molar-refractivity contribution in [1.29, 1.82) is 5.26 Å². The predicted molar refractivity (Wildman–Crippen MR) is 94.4 cm³/mol. The molecule has 0 bridgehead atoms. The van der Waals surface area contributed by atoms with E-state index < -0.39 is 35.1 Å². The van der Waals surface area contributed by atoms with Gasteiger partial charge in [0.25, 0.3) is 0 Å². The van der Waals surface area contributed by atoms with E-state index in [0.717, 1.165) is 18.2 Å². The lowest BCUT2D eigenvalue weighted by atomic mass is 10.0. The number of hydrogen-bond acceptors (Lipinski definition) is 4. The van der Waals surface area contributed by atoms with E-state index >= 15 is 0 Å². The van der Waals surface area contributed by atoms with Crippen LogP contribution >= 0.6 is 0 Å². The Morgan fingerprint density at radius 3 is 1.90 bits per heavy atom. The molecular formula is C20H14F6N2O2. The van der Waals surface area contributed by atoms with Gasteiger partial charge in [0.05, 0.1) is 36.0 Å². The van der Waals surface area contributed by atoms with Crippen LogP contribution in [0.5, 0.6) is 11.5 Å². The summed E-state index contributed by atoms with van der Waals surface area (Å²) in [6, 6.07) is 7.50. The van der Waals surface area contributed by atoms with Crippen molar-refractivity contribution in [3.63, 3.8) is 0 Å². The zero-order valence-electron chi connectivity index (χ0n) is 15.2. The Labute approximate surface area is 167 Å². The first kappa shape index (κ1) is 21.5. The molecular weight excluding hydrogens is 414 g/mol. The van der Waals surface area contributed by atoms with Crippen molar-refractivity contribution in [3.05, 3.63) is 58.7 Å². The van der Waals surface area contributed by atoms with E-state index in [-0.39, 0.29) is 36.7 Å². The van der Waals surface area contributed by atoms with Crippen LogP contribution in [0.15, 0.2) is 41.4 Å². The Morgan fingerprint density at radius 1 is 0.867 bits per heavy atom. The Kier molecular flexibility index (Phi) is 5.92. The van der Waals surface area contributed by atoms with Gasteiger partial charge in [-0.05, 0) is 35.9 Å². The van der Waals surface area contributed by atoms with Crippen LogP contribution in [0.1, 0.15) is 34.7 Å². The summed E-state index contributed by atoms with van der Waals surface area (Å²) in [4.78, 5) is 3.75. The van der Waals surface area contributed by atoms with Gasteiger partial charge in [-0.3, -0.25) is 4.99 Å². The molecule has 0 aromatic heterocycles. The lowest BCUT2D eigenvalue weighted by molar-refractivity contribution is -0.138. The van der Waals surface area contributed by atoms with Crippen molar-refractivity contribution < 1.29 is 35.8 Å². The number of hydrogen-bond donors (Lipinski definition) is 0. The average molecular weight is 428 g/mol. The normalized spacial score (nSPS) is 15.6. The van der Waals surface area contributed by atoms with E-state index in [9.17, 15) is 26.3 Å². The molecule has 1 atom stereocenters. The number of rotatable bonds is 7. The molecule has 0 aliphatic carbocycles. The van der Waals surface area contributed by atoms with Crippen LogP contribution in [-0.4, -0.2) is 19.4 Å². The van der Waals surface area contributed by atoms with Crippen LogP contribution in [0.2, 0.25) is 0 Å². The SMILES string of the molecule is N#Cc1ccc(OCCCOc2ccc(C3C=N3)c(C(F)(F)F)c2)cc1C(F)(F)F. The van der Waals surface area contributed by atoms with Crippen LogP contribution in [0.4, 0.5) is 26.3 Å². The number of alkyl halides is 6. The quantitative estimate of drug-likeness (QED) is 0.428. The first-order chi connectivity index (χ1) is 14.1. The number of nitriles is 1. The van der Waals surface area contributed by atoms with Crippen molar-refractivity contribution >= 4 is 6.21 Å². The summed E-state index contributed by atoms with van der Waals surface area (Å²) in [5, 5.41) is 8.76. The van der Waals surface area contributed by atoms with Gasteiger partial charge >= 0.3 is 12.4 Å². The molecule has 1 aliphatic heterocycles. The van der Waals surface area contributed by atoms with Gasteiger partial charge in [0.1, 0.15) is 17.5 Å². The summed E-state index contributed by atoms with van der Waals surface area (Å²) in [6.07, 6.45) is -7.61. The van der Waals surface area contributed by atoms with Crippen molar-refractivity contribution in [2.75, 3.05) is 13.2 Å². The van der Waals surface area contributed by atoms with E-state index in [0.29, 0.717) is 0 Å². The number of aliphatic imine (C=N–C) groups is 1. The third-order valence-corrected chi connectivity index (χ3v) is 4.19. The largest absolute Gasteiger partial charge is 0.493 e. The molecule has 0 N–H and O–H groups in total. The Balaban J connectivity index is 1.54. The molecule has 0 saturated heterocycles. The fraction of sp³-hybridized carbons (Fsp3) is 0.300. The highest BCUT2D eigenvalue weighted by molar-refractivity contribution is 5.80. The lowest BCUT2D eigenvalue weighted by Crippen LogP contribution is -2.11. The molecule has 30 heavy (non-hydrogen) atoms. The van der Waals surface area contributed by atoms with Gasteiger partial charge in [0.2, 0.25) is 0 Å². The van der Waals surface area contributed by atoms with E-state index in [1.165, 1.54) is 30.5 Å². The second kappa shape index (κ2) is 8.26. The summed E-state index contributed by atoms with van der Waals surface area (Å²) in [7, 11) is 0. The molecule has 10 heteroatoms. The van der Waals surface area contributed by atoms with Gasteiger partial charge in [-0.15, -0.1) is 0 Å². The van der Waals surface area contributed by atoms with Gasteiger partial charge in [-0.1, -0.05) is 6.07 Å². The molecule has 2 aromatic carbocycles. The lowest BCUT2D eigenvalue weighted by Gasteiger charge is -2.15. The van der Waals surface area contributed by atoms with Crippen LogP contribution in [-0.2, 0) is 12.4 Å². The van der Waals surface area contributed by atoms with Gasteiger partial charge in [0.15, 0.2) is 0 Å². The maximum Gasteiger partial charge on any atom is 0.417 e. The molecule has 0 radical (unpaired) electrons. The van der Waals surface area contributed by atoms with E-state index in [4.69, 9.17) is 14.7 Å². The van der Waals surface area contributed by atoms with Gasteiger partial charge in [-0.25, -0.2) is 0 Å². The van der Waals surface area contributed by atoms with Crippen molar-refractivity contribution in [3.8, 4) is 17.6 Å². The summed E-state index contributed by atoms with van der Waals surface area (Å²) in [5.41, 5.74) is -2.38. The minimum atomic E-state index is -4.69. The second-order valence-electron chi connectivity index (χ2n) is 6.36. The molecule has 0 spiro atoms. The maximum absolute atomic E-state index is 13.2. The topological polar surface area (TPSA) is 54.6 Å². The van der Waals surface area contributed by atoms with Gasteiger partial charge < -0.3 is 9.47 Å². The highest BCUT2D eigenvalue weighted by Crippen LogP contribution is 2.40. The standard InChI is InChI=1S/C20H14F6N2O2/c21-19(22,23)16-8-13(3-2-12(16)10-27)29-6-1-7-30-14-4-5-15(18-11-28-18)17(9-14)20(24,25)26/h2-5,8-9,11,18H,1,6-7H2. The number of halogens is 6. The Morgan fingerprint density at radius 2 is 1.40 bits per heavy atom. The highest BCUT2D eigenvalue weighted by atomic mass is 19.4. The minimum absolute atomic E-state index is 0.00101. The third kappa shape index (κ3) is 5.23. The Hall–Kier alpha value is -3.22. The van der Waals surface area contributed by atoms with Crippen molar-refractivity contribution in [2.45, 2.75) is 24.8 Å². The molecule has 2 aromatic rings. The monoisotopic (exact) mass is 428 g/mol. The summed E-state index contributed by atoms with van der Waals surface area (Å²) >= 11 is 0. The zero-order valence-corrected chi connectivity index (χ0v) is 15.2. The summed E-state index contributed by atoms with van der Waals surface area (Å²) < 4.78 is 88.9. The smallest absolute Gasteiger partial charge is 0.417 e. The second-order valence-corrected chi connectivity index (χ2v) is 6.36. The summed E-state index contributed by atoms with van der Waals surface area (Å²) in [5.74, 6) is -0.0566. The molecule has 1 unspecified atom stereocenters. The fourth-order valence-electron chi connectivity index (χ4n) is 2.72. The van der Waals surface area contributed by atoms with Crippen LogP contribution < -0.4 is 9.47 Å². The highest BCUT2D eigenvalue weighted by Gasteiger charge is 2.37. The third-order valence-electron chi connectivity index (χ3n) is 4.19. The molecule has 1 aliphatic rings. The minimum Gasteiger partial charge on any atom is -0.493 e. The van der Waals surface area contributed by atoms with Crippen LogP contribution in [0.25, 0.3) is 0 Å². The summed E-state index contributed by atoms with van der Waals surface area (Å²) in [6.45, 7) is -0.0255. The fourth-order valence-corrected chi connectivity index (χ4v) is 2.72. The molecule has 1 heterocycles. The van der Waals surface area contributed by atoms with Crippen LogP contribution in [0.3, 0.4) is 0 Å². The van der Waals surface area contributed by atoms with Crippen molar-refractivity contribution in [2.24, 2.45) is 4.99 Å². The van der Waals surface area contributed by atoms with E-state index in [2.05, 4.69) is 4.99 Å². The molecule has 4 nitrogen and oxygen atoms in total. The zero-order chi connectivity index (χ0) is 21.9. The maximum atomic E-state index is 13.2. The number of ether oxygens (including phenoxy) is 2. The Bertz CT molecular complexity index is 986. The molecule has 158 valence electrons. The first-order valence-corrected chi connectivity index (χ1v) is 8.71. The molecule has 0 saturated carbocycles. The number of nitrogens with zero attached hydrogens (tertiary/aromatic N) is 2. The van der Waals surface area contributed by atoms with E-state index in [1.54, 1.807) is 0 Å². The van der Waals surface area contributed by atoms with Gasteiger partial charge in [0, 0.05) is 12.6 Å². The molecule has 0 amide bonds. The van der Waals surface area contributed by atoms with Gasteiger partial charge in [-0.2, -0.15) is 31.6 Å².